The number of nitro groups is 1. The molecule has 2 N–H and O–H groups in total. The lowest BCUT2D eigenvalue weighted by atomic mass is 10.1. The Hall–Kier alpha value is -3.09. The third-order valence-corrected chi connectivity index (χ3v) is 3.51. The number of non-ortho nitro benzene ring substituents is 1. The van der Waals surface area contributed by atoms with Crippen LogP contribution >= 0.6 is 0 Å². The van der Waals surface area contributed by atoms with E-state index in [0.29, 0.717) is 0 Å². The maximum Gasteiger partial charge on any atom is 0.408 e. The third kappa shape index (κ3) is 5.77. The van der Waals surface area contributed by atoms with Gasteiger partial charge in [-0.3, -0.25) is 10.1 Å². The molecule has 0 heterocycles. The summed E-state index contributed by atoms with van der Waals surface area (Å²) >= 11 is 0. The first kappa shape index (κ1) is 19.2. The van der Waals surface area contributed by atoms with E-state index in [9.17, 15) is 14.9 Å². The monoisotopic (exact) mass is 357 g/mol. The molecule has 1 amide bonds. The van der Waals surface area contributed by atoms with Crippen molar-refractivity contribution in [1.29, 1.82) is 0 Å². The highest BCUT2D eigenvalue weighted by molar-refractivity contribution is 5.68. The van der Waals surface area contributed by atoms with Crippen LogP contribution in [0.5, 0.6) is 0 Å². The number of hydrogen-bond acceptors (Lipinski definition) is 5. The molecule has 26 heavy (non-hydrogen) atoms. The van der Waals surface area contributed by atoms with Gasteiger partial charge in [0.05, 0.1) is 11.0 Å². The average molecular weight is 357 g/mol. The highest BCUT2D eigenvalue weighted by Gasteiger charge is 2.18. The third-order valence-electron chi connectivity index (χ3n) is 3.51. The van der Waals surface area contributed by atoms with Crippen LogP contribution in [-0.4, -0.2) is 16.6 Å². The maximum absolute atomic E-state index is 11.8. The number of anilines is 2. The molecular formula is C19H23N3O4. The van der Waals surface area contributed by atoms with Crippen LogP contribution in [0.3, 0.4) is 0 Å². The van der Waals surface area contributed by atoms with Gasteiger partial charge in [0.15, 0.2) is 0 Å². The van der Waals surface area contributed by atoms with Crippen molar-refractivity contribution in [3.63, 3.8) is 0 Å². The Morgan fingerprint density at radius 2 is 1.54 bits per heavy atom. The molecule has 0 radical (unpaired) electrons. The highest BCUT2D eigenvalue weighted by atomic mass is 16.6. The Morgan fingerprint density at radius 1 is 1.04 bits per heavy atom. The van der Waals surface area contributed by atoms with E-state index in [1.54, 1.807) is 12.1 Å². The van der Waals surface area contributed by atoms with Crippen molar-refractivity contribution in [1.82, 2.24) is 5.32 Å². The first-order valence-electron chi connectivity index (χ1n) is 8.25. The molecular weight excluding hydrogens is 334 g/mol. The van der Waals surface area contributed by atoms with Gasteiger partial charge in [0, 0.05) is 23.5 Å². The van der Waals surface area contributed by atoms with E-state index < -0.39 is 16.6 Å². The molecule has 7 nitrogen and oxygen atoms in total. The van der Waals surface area contributed by atoms with Gasteiger partial charge in [-0.15, -0.1) is 0 Å². The van der Waals surface area contributed by atoms with Gasteiger partial charge in [-0.05, 0) is 57.5 Å². The number of carbonyl (C=O) groups excluding carboxylic acids is 1. The summed E-state index contributed by atoms with van der Waals surface area (Å²) in [4.78, 5) is 22.1. The SMILES string of the molecule is C[C@H](NC(=O)OC(C)(C)C)c1ccc(Nc2ccc([N+](=O)[O-])cc2)cc1. The molecule has 0 unspecified atom stereocenters. The standard InChI is InChI=1S/C19H23N3O4/c1-13(20-18(23)26-19(2,3)4)14-5-7-15(8-6-14)21-16-9-11-17(12-10-16)22(24)25/h5-13,21H,1-4H3,(H,20,23)/t13-/m0/s1. The maximum atomic E-state index is 11.8. The lowest BCUT2D eigenvalue weighted by Crippen LogP contribution is -2.34. The van der Waals surface area contributed by atoms with Crippen molar-refractivity contribution in [2.75, 3.05) is 5.32 Å². The van der Waals surface area contributed by atoms with Crippen molar-refractivity contribution in [3.8, 4) is 0 Å². The molecule has 0 saturated carbocycles. The van der Waals surface area contributed by atoms with Gasteiger partial charge in [0.1, 0.15) is 5.60 Å². The molecule has 0 aliphatic rings. The van der Waals surface area contributed by atoms with E-state index in [-0.39, 0.29) is 11.7 Å². The molecule has 2 rings (SSSR count). The Labute approximate surface area is 152 Å². The van der Waals surface area contributed by atoms with Crippen LogP contribution in [0.2, 0.25) is 0 Å². The fourth-order valence-electron chi connectivity index (χ4n) is 2.26. The minimum atomic E-state index is -0.539. The van der Waals surface area contributed by atoms with E-state index in [0.717, 1.165) is 16.9 Å². The van der Waals surface area contributed by atoms with E-state index in [4.69, 9.17) is 4.74 Å². The summed E-state index contributed by atoms with van der Waals surface area (Å²) in [7, 11) is 0. The zero-order valence-corrected chi connectivity index (χ0v) is 15.3. The molecule has 0 fully saturated rings. The van der Waals surface area contributed by atoms with Crippen LogP contribution in [0.25, 0.3) is 0 Å². The molecule has 138 valence electrons. The predicted molar refractivity (Wildman–Crippen MR) is 101 cm³/mol. The Balaban J connectivity index is 1.96. The molecule has 7 heteroatoms. The number of alkyl carbamates (subject to hydrolysis) is 1. The smallest absolute Gasteiger partial charge is 0.408 e. The highest BCUT2D eigenvalue weighted by Crippen LogP contribution is 2.22. The Bertz CT molecular complexity index is 765. The van der Waals surface area contributed by atoms with Gasteiger partial charge in [-0.25, -0.2) is 4.79 Å². The van der Waals surface area contributed by atoms with Crippen LogP contribution in [-0.2, 0) is 4.74 Å². The molecule has 0 bridgehead atoms. The second-order valence-electron chi connectivity index (χ2n) is 6.92. The molecule has 0 aliphatic heterocycles. The molecule has 1 atom stereocenters. The zero-order chi connectivity index (χ0) is 19.3. The lowest BCUT2D eigenvalue weighted by molar-refractivity contribution is -0.384. The van der Waals surface area contributed by atoms with E-state index >= 15 is 0 Å². The number of carbonyl (C=O) groups is 1. The van der Waals surface area contributed by atoms with Gasteiger partial charge in [-0.2, -0.15) is 0 Å². The number of ether oxygens (including phenoxy) is 1. The second kappa shape index (κ2) is 7.86. The number of rotatable bonds is 5. The van der Waals surface area contributed by atoms with Crippen LogP contribution in [0, 0.1) is 10.1 Å². The average Bonchev–Trinajstić information content (AvgIpc) is 2.54. The van der Waals surface area contributed by atoms with Crippen molar-refractivity contribution >= 4 is 23.2 Å². The van der Waals surface area contributed by atoms with Gasteiger partial charge < -0.3 is 15.4 Å². The summed E-state index contributed by atoms with van der Waals surface area (Å²) in [6.45, 7) is 7.32. The molecule has 2 aromatic carbocycles. The normalized spacial score (nSPS) is 12.2. The van der Waals surface area contributed by atoms with Crippen molar-refractivity contribution in [3.05, 3.63) is 64.2 Å². The molecule has 0 aliphatic carbocycles. The van der Waals surface area contributed by atoms with Gasteiger partial charge >= 0.3 is 6.09 Å². The van der Waals surface area contributed by atoms with E-state index in [1.807, 2.05) is 52.0 Å². The number of amides is 1. The number of nitrogens with zero attached hydrogens (tertiary/aromatic N) is 1. The summed E-state index contributed by atoms with van der Waals surface area (Å²) in [5.74, 6) is 0. The largest absolute Gasteiger partial charge is 0.444 e. The first-order chi connectivity index (χ1) is 12.1. The number of hydrogen-bond donors (Lipinski definition) is 2. The summed E-state index contributed by atoms with van der Waals surface area (Å²) < 4.78 is 5.25. The Kier molecular flexibility index (Phi) is 5.82. The van der Waals surface area contributed by atoms with E-state index in [2.05, 4.69) is 10.6 Å². The summed E-state index contributed by atoms with van der Waals surface area (Å²) in [5, 5.41) is 16.6. The predicted octanol–water partition coefficient (Wildman–Crippen LogP) is 4.92. The fourth-order valence-corrected chi connectivity index (χ4v) is 2.26. The lowest BCUT2D eigenvalue weighted by Gasteiger charge is -2.22. The van der Waals surface area contributed by atoms with Crippen molar-refractivity contribution in [2.24, 2.45) is 0 Å². The number of benzene rings is 2. The van der Waals surface area contributed by atoms with Crippen LogP contribution < -0.4 is 10.6 Å². The van der Waals surface area contributed by atoms with Crippen molar-refractivity contribution < 1.29 is 14.5 Å². The first-order valence-corrected chi connectivity index (χ1v) is 8.25. The minimum Gasteiger partial charge on any atom is -0.444 e. The van der Waals surface area contributed by atoms with Gasteiger partial charge in [0.2, 0.25) is 0 Å². The second-order valence-corrected chi connectivity index (χ2v) is 6.92. The Morgan fingerprint density at radius 3 is 2.00 bits per heavy atom. The zero-order valence-electron chi connectivity index (χ0n) is 15.3. The minimum absolute atomic E-state index is 0.0490. The van der Waals surface area contributed by atoms with Gasteiger partial charge in [0.25, 0.3) is 5.69 Å². The van der Waals surface area contributed by atoms with Gasteiger partial charge in [-0.1, -0.05) is 12.1 Å². The molecule has 0 spiro atoms. The van der Waals surface area contributed by atoms with Crippen molar-refractivity contribution in [2.45, 2.75) is 39.3 Å². The topological polar surface area (TPSA) is 93.5 Å². The fraction of sp³-hybridized carbons (Fsp3) is 0.316. The molecule has 2 aromatic rings. The quantitative estimate of drug-likeness (QED) is 0.585. The summed E-state index contributed by atoms with van der Waals surface area (Å²) in [6.07, 6.45) is -0.460. The summed E-state index contributed by atoms with van der Waals surface area (Å²) in [6, 6.07) is 13.6. The van der Waals surface area contributed by atoms with Crippen LogP contribution in [0.4, 0.5) is 21.9 Å². The van der Waals surface area contributed by atoms with E-state index in [1.165, 1.54) is 12.1 Å². The van der Waals surface area contributed by atoms with Crippen LogP contribution in [0.15, 0.2) is 48.5 Å². The summed E-state index contributed by atoms with van der Waals surface area (Å²) in [5.41, 5.74) is 2.04. The molecule has 0 aromatic heterocycles. The molecule has 0 saturated heterocycles. The number of nitrogens with one attached hydrogen (secondary N) is 2. The number of nitro benzene ring substituents is 1. The van der Waals surface area contributed by atoms with Crippen LogP contribution in [0.1, 0.15) is 39.3 Å².